The zero-order valence-electron chi connectivity index (χ0n) is 18.2. The molecule has 0 aliphatic carbocycles. The second-order valence-corrected chi connectivity index (χ2v) is 10.2. The molecular weight excluding hydrogens is 450 g/mol. The third kappa shape index (κ3) is 5.58. The van der Waals surface area contributed by atoms with Crippen molar-refractivity contribution in [2.75, 3.05) is 38.9 Å². The van der Waals surface area contributed by atoms with Crippen molar-refractivity contribution in [2.24, 2.45) is 0 Å². The smallest absolute Gasteiger partial charge is 0.255 e. The molecule has 32 heavy (non-hydrogen) atoms. The van der Waals surface area contributed by atoms with E-state index >= 15 is 0 Å². The van der Waals surface area contributed by atoms with Gasteiger partial charge < -0.3 is 20.1 Å². The molecule has 0 atom stereocenters. The minimum absolute atomic E-state index is 0.0204. The van der Waals surface area contributed by atoms with E-state index in [2.05, 4.69) is 10.6 Å². The molecule has 0 saturated carbocycles. The van der Waals surface area contributed by atoms with E-state index in [4.69, 9.17) is 9.47 Å². The van der Waals surface area contributed by atoms with Crippen molar-refractivity contribution in [1.29, 1.82) is 0 Å². The molecule has 0 radical (unpaired) electrons. The molecule has 0 aliphatic heterocycles. The number of benzene rings is 2. The first-order valence-electron chi connectivity index (χ1n) is 9.61. The molecule has 0 spiro atoms. The number of hydrogen-bond donors (Lipinski definition) is 2. The second kappa shape index (κ2) is 10.0. The number of anilines is 2. The molecule has 10 heteroatoms. The Labute approximate surface area is 191 Å². The summed E-state index contributed by atoms with van der Waals surface area (Å²) in [6.45, 7) is 0.511. The van der Waals surface area contributed by atoms with Gasteiger partial charge in [0.15, 0.2) is 0 Å². The molecule has 0 fully saturated rings. The van der Waals surface area contributed by atoms with Gasteiger partial charge in [-0.25, -0.2) is 12.7 Å². The monoisotopic (exact) mass is 475 g/mol. The maximum Gasteiger partial charge on any atom is 0.255 e. The van der Waals surface area contributed by atoms with Crippen molar-refractivity contribution < 1.29 is 22.7 Å². The molecule has 0 aliphatic rings. The molecule has 0 bridgehead atoms. The first kappa shape index (κ1) is 23.6. The highest BCUT2D eigenvalue weighted by atomic mass is 32.2. The lowest BCUT2D eigenvalue weighted by molar-refractivity contribution is 0.102. The lowest BCUT2D eigenvalue weighted by atomic mass is 10.1. The summed E-state index contributed by atoms with van der Waals surface area (Å²) < 4.78 is 37.1. The van der Waals surface area contributed by atoms with Gasteiger partial charge in [0.05, 0.1) is 19.1 Å². The average Bonchev–Trinajstić information content (AvgIpc) is 3.30. The summed E-state index contributed by atoms with van der Waals surface area (Å²) in [6.07, 6.45) is 0. The van der Waals surface area contributed by atoms with Gasteiger partial charge in [0, 0.05) is 60.7 Å². The van der Waals surface area contributed by atoms with Gasteiger partial charge in [0.2, 0.25) is 10.0 Å². The minimum atomic E-state index is -3.75. The summed E-state index contributed by atoms with van der Waals surface area (Å²) in [5.74, 6) is 0.569. The van der Waals surface area contributed by atoms with Crippen LogP contribution in [0.3, 0.4) is 0 Å². The number of ether oxygens (including phenoxy) is 2. The Kier molecular flexibility index (Phi) is 7.39. The van der Waals surface area contributed by atoms with E-state index in [1.165, 1.54) is 40.4 Å². The van der Waals surface area contributed by atoms with Crippen LogP contribution in [0.2, 0.25) is 0 Å². The Bertz CT molecular complexity index is 1170. The standard InChI is InChI=1S/C22H25N3O5S2/c1-25(2)32(27,28)21-9-15(8-16(12-21)23-14-20-6-5-7-31-20)22(26)24-17-10-18(29-3)13-19(11-17)30-4/h5-13,23H,14H2,1-4H3,(H,24,26). The molecule has 2 N–H and O–H groups in total. The first-order valence-corrected chi connectivity index (χ1v) is 11.9. The van der Waals surface area contributed by atoms with Gasteiger partial charge in [-0.05, 0) is 29.6 Å². The lowest BCUT2D eigenvalue weighted by Gasteiger charge is -2.15. The van der Waals surface area contributed by atoms with Crippen molar-refractivity contribution in [3.63, 3.8) is 0 Å². The van der Waals surface area contributed by atoms with Crippen LogP contribution in [-0.2, 0) is 16.6 Å². The highest BCUT2D eigenvalue weighted by Gasteiger charge is 2.21. The summed E-state index contributed by atoms with van der Waals surface area (Å²) in [7, 11) is 2.18. The highest BCUT2D eigenvalue weighted by Crippen LogP contribution is 2.27. The highest BCUT2D eigenvalue weighted by molar-refractivity contribution is 7.89. The topological polar surface area (TPSA) is 97.0 Å². The maximum atomic E-state index is 13.0. The fraction of sp³-hybridized carbons (Fsp3) is 0.227. The summed E-state index contributed by atoms with van der Waals surface area (Å²) >= 11 is 1.58. The molecule has 8 nitrogen and oxygen atoms in total. The number of rotatable bonds is 9. The van der Waals surface area contributed by atoms with E-state index < -0.39 is 15.9 Å². The molecule has 3 aromatic rings. The van der Waals surface area contributed by atoms with Gasteiger partial charge >= 0.3 is 0 Å². The van der Waals surface area contributed by atoms with Crippen molar-refractivity contribution in [2.45, 2.75) is 11.4 Å². The predicted molar refractivity (Wildman–Crippen MR) is 126 cm³/mol. The Morgan fingerprint density at radius 2 is 1.69 bits per heavy atom. The van der Waals surface area contributed by atoms with Crippen molar-refractivity contribution in [3.05, 3.63) is 64.4 Å². The number of nitrogens with zero attached hydrogens (tertiary/aromatic N) is 1. The van der Waals surface area contributed by atoms with Gasteiger partial charge in [-0.2, -0.15) is 0 Å². The second-order valence-electron chi connectivity index (χ2n) is 7.02. The Balaban J connectivity index is 1.94. The lowest BCUT2D eigenvalue weighted by Crippen LogP contribution is -2.23. The third-order valence-corrected chi connectivity index (χ3v) is 7.27. The number of hydrogen-bond acceptors (Lipinski definition) is 7. The van der Waals surface area contributed by atoms with Crippen LogP contribution in [-0.4, -0.2) is 46.9 Å². The normalized spacial score (nSPS) is 11.3. The van der Waals surface area contributed by atoms with Gasteiger partial charge in [-0.1, -0.05) is 6.07 Å². The van der Waals surface area contributed by atoms with Crippen LogP contribution in [0.25, 0.3) is 0 Å². The maximum absolute atomic E-state index is 13.0. The van der Waals surface area contributed by atoms with Gasteiger partial charge in [-0.15, -0.1) is 11.3 Å². The Morgan fingerprint density at radius 3 is 2.25 bits per heavy atom. The van der Waals surface area contributed by atoms with Crippen LogP contribution in [0.4, 0.5) is 11.4 Å². The van der Waals surface area contributed by atoms with Crippen LogP contribution in [0.5, 0.6) is 11.5 Å². The molecule has 0 unspecified atom stereocenters. The van der Waals surface area contributed by atoms with Crippen molar-refractivity contribution >= 4 is 38.6 Å². The van der Waals surface area contributed by atoms with Gasteiger partial charge in [-0.3, -0.25) is 4.79 Å². The fourth-order valence-corrected chi connectivity index (χ4v) is 4.50. The van der Waals surface area contributed by atoms with E-state index in [0.29, 0.717) is 29.4 Å². The Hall–Kier alpha value is -3.08. The minimum Gasteiger partial charge on any atom is -0.497 e. The summed E-state index contributed by atoms with van der Waals surface area (Å²) in [6, 6.07) is 13.4. The van der Waals surface area contributed by atoms with Crippen LogP contribution in [0.1, 0.15) is 15.2 Å². The van der Waals surface area contributed by atoms with Crippen LogP contribution in [0.15, 0.2) is 58.8 Å². The van der Waals surface area contributed by atoms with E-state index in [-0.39, 0.29) is 10.5 Å². The summed E-state index contributed by atoms with van der Waals surface area (Å²) in [4.78, 5) is 14.1. The summed E-state index contributed by atoms with van der Waals surface area (Å²) in [5, 5.41) is 7.94. The van der Waals surface area contributed by atoms with Crippen molar-refractivity contribution in [3.8, 4) is 11.5 Å². The molecular formula is C22H25N3O5S2. The molecule has 170 valence electrons. The van der Waals surface area contributed by atoms with Crippen molar-refractivity contribution in [1.82, 2.24) is 4.31 Å². The third-order valence-electron chi connectivity index (χ3n) is 4.60. The number of thiophene rings is 1. The van der Waals surface area contributed by atoms with Gasteiger partial charge in [0.1, 0.15) is 11.5 Å². The Morgan fingerprint density at radius 1 is 1.00 bits per heavy atom. The summed E-state index contributed by atoms with van der Waals surface area (Å²) in [5.41, 5.74) is 1.18. The van der Waals surface area contributed by atoms with E-state index in [1.54, 1.807) is 35.6 Å². The van der Waals surface area contributed by atoms with E-state index in [1.807, 2.05) is 17.5 Å². The van der Waals surface area contributed by atoms with Crippen LogP contribution < -0.4 is 20.1 Å². The quantitative estimate of drug-likeness (QED) is 0.488. The molecule has 1 heterocycles. The molecule has 1 amide bonds. The largest absolute Gasteiger partial charge is 0.497 e. The average molecular weight is 476 g/mol. The van der Waals surface area contributed by atoms with Crippen LogP contribution in [0, 0.1) is 0 Å². The molecule has 3 rings (SSSR count). The fourth-order valence-electron chi connectivity index (χ4n) is 2.88. The number of sulfonamides is 1. The zero-order valence-corrected chi connectivity index (χ0v) is 19.8. The van der Waals surface area contributed by atoms with Crippen LogP contribution >= 0.6 is 11.3 Å². The number of carbonyl (C=O) groups excluding carboxylic acids is 1. The predicted octanol–water partition coefficient (Wildman–Crippen LogP) is 3.88. The SMILES string of the molecule is COc1cc(NC(=O)c2cc(NCc3cccs3)cc(S(=O)(=O)N(C)C)c2)cc(OC)c1. The molecule has 0 saturated heterocycles. The molecule has 1 aromatic heterocycles. The van der Waals surface area contributed by atoms with E-state index in [9.17, 15) is 13.2 Å². The van der Waals surface area contributed by atoms with Gasteiger partial charge in [0.25, 0.3) is 5.91 Å². The van der Waals surface area contributed by atoms with E-state index in [0.717, 1.165) is 9.18 Å². The zero-order chi connectivity index (χ0) is 23.3. The number of amides is 1. The molecule has 2 aromatic carbocycles. The number of nitrogens with one attached hydrogen (secondary N) is 2. The first-order chi connectivity index (χ1) is 15.2. The number of carbonyl (C=O) groups is 1. The number of methoxy groups -OCH3 is 2.